The van der Waals surface area contributed by atoms with E-state index in [4.69, 9.17) is 5.84 Å². The van der Waals surface area contributed by atoms with Crippen molar-refractivity contribution in [1.29, 1.82) is 0 Å². The van der Waals surface area contributed by atoms with Gasteiger partial charge in [0.15, 0.2) is 0 Å². The second-order valence-electron chi connectivity index (χ2n) is 3.17. The molecule has 0 fully saturated rings. The molecule has 1 unspecified atom stereocenters. The number of nitrogens with zero attached hydrogens (tertiary/aromatic N) is 1. The first-order valence-electron chi connectivity index (χ1n) is 4.71. The molecule has 1 aromatic heterocycles. The number of pyridine rings is 1. The molecule has 0 aliphatic heterocycles. The Balaban J connectivity index is 2.40. The van der Waals surface area contributed by atoms with Crippen LogP contribution in [0.5, 0.6) is 0 Å². The number of rotatable bonds is 6. The Labute approximate surface area is 89.5 Å². The lowest BCUT2D eigenvalue weighted by Gasteiger charge is -2.14. The van der Waals surface area contributed by atoms with Crippen molar-refractivity contribution in [3.8, 4) is 0 Å². The van der Waals surface area contributed by atoms with Gasteiger partial charge in [0, 0.05) is 24.4 Å². The molecule has 14 heavy (non-hydrogen) atoms. The summed E-state index contributed by atoms with van der Waals surface area (Å²) in [6.45, 7) is 0. The summed E-state index contributed by atoms with van der Waals surface area (Å²) < 4.78 is 0. The maximum Gasteiger partial charge on any atom is 0.0419 e. The molecule has 1 heterocycles. The minimum atomic E-state index is 0.331. The fourth-order valence-corrected chi connectivity index (χ4v) is 1.80. The molecule has 1 atom stereocenters. The second-order valence-corrected chi connectivity index (χ2v) is 4.16. The standard InChI is InChI=1S/C10H17N3S/c1-14-7-5-10(13-11)8-9-4-2-3-6-12-9/h2-4,6,10,13H,5,7-8,11H2,1H3. The van der Waals surface area contributed by atoms with Crippen molar-refractivity contribution in [2.24, 2.45) is 5.84 Å². The summed E-state index contributed by atoms with van der Waals surface area (Å²) >= 11 is 1.84. The van der Waals surface area contributed by atoms with E-state index in [9.17, 15) is 0 Å². The van der Waals surface area contributed by atoms with E-state index < -0.39 is 0 Å². The number of hydrazine groups is 1. The lowest BCUT2D eigenvalue weighted by Crippen LogP contribution is -2.37. The molecular weight excluding hydrogens is 194 g/mol. The molecule has 78 valence electrons. The van der Waals surface area contributed by atoms with Gasteiger partial charge < -0.3 is 0 Å². The highest BCUT2D eigenvalue weighted by Crippen LogP contribution is 2.05. The van der Waals surface area contributed by atoms with E-state index in [1.165, 1.54) is 0 Å². The summed E-state index contributed by atoms with van der Waals surface area (Å²) in [4.78, 5) is 4.27. The van der Waals surface area contributed by atoms with Crippen LogP contribution in [0.2, 0.25) is 0 Å². The Morgan fingerprint density at radius 2 is 2.43 bits per heavy atom. The highest BCUT2D eigenvalue weighted by molar-refractivity contribution is 7.98. The first-order chi connectivity index (χ1) is 6.86. The van der Waals surface area contributed by atoms with E-state index in [0.717, 1.165) is 24.3 Å². The molecule has 0 radical (unpaired) electrons. The lowest BCUT2D eigenvalue weighted by molar-refractivity contribution is 0.509. The smallest absolute Gasteiger partial charge is 0.0419 e. The first kappa shape index (κ1) is 11.5. The van der Waals surface area contributed by atoms with E-state index in [-0.39, 0.29) is 0 Å². The number of thioether (sulfide) groups is 1. The minimum Gasteiger partial charge on any atom is -0.271 e. The van der Waals surface area contributed by atoms with Gasteiger partial charge in [0.1, 0.15) is 0 Å². The SMILES string of the molecule is CSCCC(Cc1ccccn1)NN. The van der Waals surface area contributed by atoms with E-state index in [2.05, 4.69) is 16.7 Å². The van der Waals surface area contributed by atoms with Gasteiger partial charge in [0.2, 0.25) is 0 Å². The van der Waals surface area contributed by atoms with Crippen molar-refractivity contribution < 1.29 is 0 Å². The third-order valence-electron chi connectivity index (χ3n) is 2.09. The molecule has 0 amide bonds. The third kappa shape index (κ3) is 4.09. The number of aromatic nitrogens is 1. The highest BCUT2D eigenvalue weighted by Gasteiger charge is 2.07. The van der Waals surface area contributed by atoms with E-state index in [1.54, 1.807) is 0 Å². The molecule has 3 N–H and O–H groups in total. The predicted molar refractivity (Wildman–Crippen MR) is 62.1 cm³/mol. The summed E-state index contributed by atoms with van der Waals surface area (Å²) in [5.41, 5.74) is 3.93. The summed E-state index contributed by atoms with van der Waals surface area (Å²) in [5, 5.41) is 0. The van der Waals surface area contributed by atoms with Crippen LogP contribution in [0, 0.1) is 0 Å². The number of hydrogen-bond acceptors (Lipinski definition) is 4. The van der Waals surface area contributed by atoms with Crippen LogP contribution < -0.4 is 11.3 Å². The normalized spacial score (nSPS) is 12.7. The molecule has 3 nitrogen and oxygen atoms in total. The van der Waals surface area contributed by atoms with Gasteiger partial charge in [-0.2, -0.15) is 11.8 Å². The topological polar surface area (TPSA) is 50.9 Å². The lowest BCUT2D eigenvalue weighted by atomic mass is 10.1. The van der Waals surface area contributed by atoms with E-state index >= 15 is 0 Å². The van der Waals surface area contributed by atoms with Crippen LogP contribution in [0.25, 0.3) is 0 Å². The van der Waals surface area contributed by atoms with Gasteiger partial charge >= 0.3 is 0 Å². The van der Waals surface area contributed by atoms with Crippen LogP contribution in [-0.4, -0.2) is 23.0 Å². The molecule has 0 aliphatic carbocycles. The second kappa shape index (κ2) is 6.81. The quantitative estimate of drug-likeness (QED) is 0.548. The van der Waals surface area contributed by atoms with Gasteiger partial charge in [0.05, 0.1) is 0 Å². The minimum absolute atomic E-state index is 0.331. The Morgan fingerprint density at radius 3 is 3.00 bits per heavy atom. The Bertz CT molecular complexity index is 240. The summed E-state index contributed by atoms with van der Waals surface area (Å²) in [5.74, 6) is 6.60. The molecule has 0 saturated carbocycles. The van der Waals surface area contributed by atoms with Crippen LogP contribution in [-0.2, 0) is 6.42 Å². The van der Waals surface area contributed by atoms with Crippen LogP contribution in [0.15, 0.2) is 24.4 Å². The van der Waals surface area contributed by atoms with Crippen molar-refractivity contribution in [3.63, 3.8) is 0 Å². The van der Waals surface area contributed by atoms with Crippen LogP contribution in [0.3, 0.4) is 0 Å². The Hall–Kier alpha value is -0.580. The fraction of sp³-hybridized carbons (Fsp3) is 0.500. The molecule has 4 heteroatoms. The van der Waals surface area contributed by atoms with Crippen molar-refractivity contribution in [3.05, 3.63) is 30.1 Å². The van der Waals surface area contributed by atoms with Crippen molar-refractivity contribution in [2.75, 3.05) is 12.0 Å². The summed E-state index contributed by atoms with van der Waals surface area (Å²) in [7, 11) is 0. The Kier molecular flexibility index (Phi) is 5.59. The highest BCUT2D eigenvalue weighted by atomic mass is 32.2. The van der Waals surface area contributed by atoms with E-state index in [0.29, 0.717) is 6.04 Å². The zero-order valence-electron chi connectivity index (χ0n) is 8.44. The summed E-state index contributed by atoms with van der Waals surface area (Å²) in [6, 6.07) is 6.29. The number of nitrogens with one attached hydrogen (secondary N) is 1. The van der Waals surface area contributed by atoms with Gasteiger partial charge in [-0.25, -0.2) is 0 Å². The molecule has 0 spiro atoms. The predicted octanol–water partition coefficient (Wildman–Crippen LogP) is 1.21. The van der Waals surface area contributed by atoms with Crippen LogP contribution in [0.1, 0.15) is 12.1 Å². The van der Waals surface area contributed by atoms with Gasteiger partial charge in [-0.1, -0.05) is 6.07 Å². The van der Waals surface area contributed by atoms with E-state index in [1.807, 2.05) is 36.2 Å². The molecule has 0 aromatic carbocycles. The van der Waals surface area contributed by atoms with Crippen molar-refractivity contribution >= 4 is 11.8 Å². The zero-order chi connectivity index (χ0) is 10.2. The van der Waals surface area contributed by atoms with Gasteiger partial charge in [0.25, 0.3) is 0 Å². The fourth-order valence-electron chi connectivity index (χ4n) is 1.28. The van der Waals surface area contributed by atoms with Crippen molar-refractivity contribution in [2.45, 2.75) is 18.9 Å². The van der Waals surface area contributed by atoms with Crippen molar-refractivity contribution in [1.82, 2.24) is 10.4 Å². The number of hydrogen-bond donors (Lipinski definition) is 2. The Morgan fingerprint density at radius 1 is 1.57 bits per heavy atom. The number of nitrogens with two attached hydrogens (primary N) is 1. The third-order valence-corrected chi connectivity index (χ3v) is 2.73. The molecular formula is C10H17N3S. The van der Waals surface area contributed by atoms with Gasteiger partial charge in [-0.3, -0.25) is 16.3 Å². The van der Waals surface area contributed by atoms with Gasteiger partial charge in [-0.15, -0.1) is 0 Å². The average molecular weight is 211 g/mol. The monoisotopic (exact) mass is 211 g/mol. The largest absolute Gasteiger partial charge is 0.271 e. The molecule has 1 rings (SSSR count). The average Bonchev–Trinajstić information content (AvgIpc) is 2.25. The summed E-state index contributed by atoms with van der Waals surface area (Å²) in [6.07, 6.45) is 5.90. The molecule has 1 aromatic rings. The van der Waals surface area contributed by atoms with Gasteiger partial charge in [-0.05, 0) is 30.6 Å². The molecule has 0 saturated heterocycles. The first-order valence-corrected chi connectivity index (χ1v) is 6.11. The van der Waals surface area contributed by atoms with Crippen LogP contribution >= 0.6 is 11.8 Å². The van der Waals surface area contributed by atoms with Crippen LogP contribution in [0.4, 0.5) is 0 Å². The zero-order valence-corrected chi connectivity index (χ0v) is 9.26. The maximum absolute atomic E-state index is 5.47. The maximum atomic E-state index is 5.47. The molecule has 0 aliphatic rings. The molecule has 0 bridgehead atoms.